The van der Waals surface area contributed by atoms with Crippen LogP contribution in [0.1, 0.15) is 11.7 Å². The molecule has 0 aliphatic carbocycles. The van der Waals surface area contributed by atoms with Crippen molar-refractivity contribution in [3.05, 3.63) is 34.1 Å². The minimum atomic E-state index is -1.79. The third kappa shape index (κ3) is 2.31. The highest BCUT2D eigenvalue weighted by Gasteiger charge is 2.28. The van der Waals surface area contributed by atoms with Crippen molar-refractivity contribution in [2.24, 2.45) is 0 Å². The summed E-state index contributed by atoms with van der Waals surface area (Å²) in [5.41, 5.74) is 0.118. The maximum atomic E-state index is 11.1. The first-order chi connectivity index (χ1) is 9.45. The number of aromatic nitrogens is 2. The Morgan fingerprint density at radius 1 is 1.55 bits per heavy atom. The fourth-order valence-corrected chi connectivity index (χ4v) is 1.75. The number of nitro groups is 1. The number of H-pyrrole nitrogens is 1. The van der Waals surface area contributed by atoms with Crippen LogP contribution < -0.4 is 0 Å². The summed E-state index contributed by atoms with van der Waals surface area (Å²) in [6.07, 6.45) is -1.00. The van der Waals surface area contributed by atoms with Crippen molar-refractivity contribution in [1.82, 2.24) is 9.97 Å². The van der Waals surface area contributed by atoms with E-state index in [4.69, 9.17) is 0 Å². The van der Waals surface area contributed by atoms with Gasteiger partial charge in [-0.3, -0.25) is 10.1 Å². The Kier molecular flexibility index (Phi) is 3.63. The van der Waals surface area contributed by atoms with E-state index in [0.717, 1.165) is 7.11 Å². The van der Waals surface area contributed by atoms with Crippen molar-refractivity contribution in [3.8, 4) is 0 Å². The van der Waals surface area contributed by atoms with Gasteiger partial charge in [0.25, 0.3) is 5.69 Å². The summed E-state index contributed by atoms with van der Waals surface area (Å²) in [6.45, 7) is 0. The monoisotopic (exact) mass is 281 g/mol. The second kappa shape index (κ2) is 5.23. The molecule has 2 unspecified atom stereocenters. The van der Waals surface area contributed by atoms with Crippen LogP contribution in [0.15, 0.2) is 18.5 Å². The minimum absolute atomic E-state index is 0.0677. The number of ether oxygens (including phenoxy) is 1. The molecule has 0 aliphatic rings. The lowest BCUT2D eigenvalue weighted by Gasteiger charge is -2.15. The second-order valence-corrected chi connectivity index (χ2v) is 4.01. The summed E-state index contributed by atoms with van der Waals surface area (Å²) in [4.78, 5) is 27.9. The van der Waals surface area contributed by atoms with Crippen LogP contribution in [0.3, 0.4) is 0 Å². The van der Waals surface area contributed by atoms with E-state index < -0.39 is 23.1 Å². The summed E-state index contributed by atoms with van der Waals surface area (Å²) in [5.74, 6) is -1.01. The van der Waals surface area contributed by atoms with Gasteiger partial charge in [-0.05, 0) is 6.07 Å². The van der Waals surface area contributed by atoms with Crippen LogP contribution in [-0.2, 0) is 9.53 Å². The lowest BCUT2D eigenvalue weighted by Crippen LogP contribution is -2.29. The summed E-state index contributed by atoms with van der Waals surface area (Å²) >= 11 is 0. The zero-order valence-corrected chi connectivity index (χ0v) is 10.3. The molecule has 20 heavy (non-hydrogen) atoms. The minimum Gasteiger partial charge on any atom is -0.467 e. The van der Waals surface area contributed by atoms with Crippen molar-refractivity contribution in [3.63, 3.8) is 0 Å². The molecule has 9 nitrogen and oxygen atoms in total. The van der Waals surface area contributed by atoms with E-state index in [2.05, 4.69) is 14.7 Å². The number of aromatic amines is 1. The average molecular weight is 281 g/mol. The molecule has 0 spiro atoms. The standard InChI is InChI=1S/C11H11N3O6/c1-20-11(17)9(16)8(15)5-2-6-7(14(18)19)4-13-10(6)12-3-5/h2-4,8-9,15-16H,1H3,(H,12,13). The van der Waals surface area contributed by atoms with Crippen LogP contribution in [0, 0.1) is 10.1 Å². The summed E-state index contributed by atoms with van der Waals surface area (Å²) < 4.78 is 4.31. The van der Waals surface area contributed by atoms with Crippen LogP contribution >= 0.6 is 0 Å². The molecular weight excluding hydrogens is 270 g/mol. The predicted molar refractivity (Wildman–Crippen MR) is 65.7 cm³/mol. The molecule has 0 bridgehead atoms. The molecule has 0 aromatic carbocycles. The number of esters is 1. The number of carbonyl (C=O) groups is 1. The molecule has 2 aromatic heterocycles. The van der Waals surface area contributed by atoms with E-state index in [1.165, 1.54) is 18.5 Å². The van der Waals surface area contributed by atoms with Crippen LogP contribution in [0.2, 0.25) is 0 Å². The smallest absolute Gasteiger partial charge is 0.337 e. The molecule has 0 saturated carbocycles. The van der Waals surface area contributed by atoms with E-state index in [9.17, 15) is 25.1 Å². The van der Waals surface area contributed by atoms with Gasteiger partial charge in [0.15, 0.2) is 6.10 Å². The van der Waals surface area contributed by atoms with Gasteiger partial charge in [0, 0.05) is 11.8 Å². The molecule has 0 radical (unpaired) electrons. The Morgan fingerprint density at radius 2 is 2.25 bits per heavy atom. The predicted octanol–water partition coefficient (Wildman–Crippen LogP) is 0.0384. The SMILES string of the molecule is COC(=O)C(O)C(O)c1cnc2[nH]cc([N+](=O)[O-])c2c1. The number of hydrogen-bond acceptors (Lipinski definition) is 7. The third-order valence-electron chi connectivity index (χ3n) is 2.81. The number of pyridine rings is 1. The molecule has 106 valence electrons. The molecule has 2 aromatic rings. The molecule has 0 fully saturated rings. The van der Waals surface area contributed by atoms with Crippen molar-refractivity contribution in [1.29, 1.82) is 0 Å². The van der Waals surface area contributed by atoms with Crippen LogP contribution in [0.5, 0.6) is 0 Å². The van der Waals surface area contributed by atoms with E-state index in [0.29, 0.717) is 0 Å². The number of rotatable bonds is 4. The number of aliphatic hydroxyl groups excluding tert-OH is 2. The highest BCUT2D eigenvalue weighted by atomic mass is 16.6. The Hall–Kier alpha value is -2.52. The van der Waals surface area contributed by atoms with Gasteiger partial charge in [0.05, 0.1) is 23.6 Å². The largest absolute Gasteiger partial charge is 0.467 e. The topological polar surface area (TPSA) is 139 Å². The fourth-order valence-electron chi connectivity index (χ4n) is 1.75. The van der Waals surface area contributed by atoms with Crippen molar-refractivity contribution >= 4 is 22.7 Å². The Balaban J connectivity index is 2.42. The van der Waals surface area contributed by atoms with E-state index in [1.54, 1.807) is 0 Å². The number of nitrogens with one attached hydrogen (secondary N) is 1. The van der Waals surface area contributed by atoms with Gasteiger partial charge in [-0.25, -0.2) is 9.78 Å². The van der Waals surface area contributed by atoms with Gasteiger partial charge in [0.2, 0.25) is 0 Å². The van der Waals surface area contributed by atoms with E-state index >= 15 is 0 Å². The molecule has 0 saturated heterocycles. The lowest BCUT2D eigenvalue weighted by atomic mass is 10.1. The molecule has 2 rings (SSSR count). The van der Waals surface area contributed by atoms with Gasteiger partial charge in [-0.1, -0.05) is 0 Å². The fraction of sp³-hybridized carbons (Fsp3) is 0.273. The first-order valence-electron chi connectivity index (χ1n) is 5.51. The van der Waals surface area contributed by atoms with Crippen LogP contribution in [0.25, 0.3) is 11.0 Å². The molecule has 3 N–H and O–H groups in total. The van der Waals surface area contributed by atoms with E-state index in [1.807, 2.05) is 0 Å². The van der Waals surface area contributed by atoms with Crippen molar-refractivity contribution in [2.45, 2.75) is 12.2 Å². The summed E-state index contributed by atoms with van der Waals surface area (Å²) in [7, 11) is 1.07. The Bertz CT molecular complexity index is 667. The number of aliphatic hydroxyl groups is 2. The maximum absolute atomic E-state index is 11.1. The van der Waals surface area contributed by atoms with Gasteiger partial charge in [0.1, 0.15) is 11.8 Å². The highest BCUT2D eigenvalue weighted by molar-refractivity contribution is 5.86. The Labute approximate surface area is 112 Å². The third-order valence-corrected chi connectivity index (χ3v) is 2.81. The van der Waals surface area contributed by atoms with Crippen molar-refractivity contribution < 1.29 is 24.7 Å². The first kappa shape index (κ1) is 13.9. The van der Waals surface area contributed by atoms with Gasteiger partial charge in [-0.2, -0.15) is 0 Å². The number of nitrogens with zero attached hydrogens (tertiary/aromatic N) is 2. The molecule has 0 amide bonds. The number of methoxy groups -OCH3 is 1. The number of fused-ring (bicyclic) bond motifs is 1. The van der Waals surface area contributed by atoms with Crippen LogP contribution in [-0.4, -0.2) is 44.3 Å². The zero-order valence-electron chi connectivity index (χ0n) is 10.3. The van der Waals surface area contributed by atoms with Gasteiger partial charge < -0.3 is 19.9 Å². The number of hydrogen-bond donors (Lipinski definition) is 3. The van der Waals surface area contributed by atoms with Gasteiger partial charge >= 0.3 is 5.97 Å². The van der Waals surface area contributed by atoms with Crippen molar-refractivity contribution in [2.75, 3.05) is 7.11 Å². The lowest BCUT2D eigenvalue weighted by molar-refractivity contribution is -0.383. The highest BCUT2D eigenvalue weighted by Crippen LogP contribution is 2.27. The van der Waals surface area contributed by atoms with Gasteiger partial charge in [-0.15, -0.1) is 0 Å². The molecule has 2 atom stereocenters. The van der Waals surface area contributed by atoms with Crippen LogP contribution in [0.4, 0.5) is 5.69 Å². The summed E-state index contributed by atoms with van der Waals surface area (Å²) in [6, 6.07) is 1.29. The summed E-state index contributed by atoms with van der Waals surface area (Å²) in [5, 5.41) is 30.4. The molecule has 0 aliphatic heterocycles. The quantitative estimate of drug-likeness (QED) is 0.408. The number of carbonyl (C=O) groups excluding carboxylic acids is 1. The normalized spacial score (nSPS) is 13.9. The maximum Gasteiger partial charge on any atom is 0.337 e. The molecule has 9 heteroatoms. The first-order valence-corrected chi connectivity index (χ1v) is 5.51. The Morgan fingerprint density at radius 3 is 2.85 bits per heavy atom. The zero-order chi connectivity index (χ0) is 14.9. The molecule has 2 heterocycles. The second-order valence-electron chi connectivity index (χ2n) is 4.01. The van der Waals surface area contributed by atoms with E-state index in [-0.39, 0.29) is 22.3 Å². The average Bonchev–Trinajstić information content (AvgIpc) is 2.87. The molecular formula is C11H11N3O6.